The predicted molar refractivity (Wildman–Crippen MR) is 122 cm³/mol. The van der Waals surface area contributed by atoms with Crippen molar-refractivity contribution in [3.8, 4) is 0 Å². The van der Waals surface area contributed by atoms with E-state index in [1.807, 2.05) is 29.6 Å². The largest absolute Gasteiger partial charge is 0.341 e. The van der Waals surface area contributed by atoms with Gasteiger partial charge in [0.1, 0.15) is 0 Å². The molecule has 1 aromatic heterocycles. The van der Waals surface area contributed by atoms with E-state index in [2.05, 4.69) is 10.0 Å². The molecule has 0 spiro atoms. The van der Waals surface area contributed by atoms with Gasteiger partial charge < -0.3 is 5.32 Å². The van der Waals surface area contributed by atoms with Crippen LogP contribution in [0, 0.1) is 0 Å². The Balaban J connectivity index is 1.72. The lowest BCUT2D eigenvalue weighted by atomic mass is 10.1. The smallest absolute Gasteiger partial charge is 0.244 e. The molecule has 0 radical (unpaired) electrons. The fraction of sp³-hybridized carbons (Fsp3) is 0.136. The van der Waals surface area contributed by atoms with E-state index < -0.39 is 10.0 Å². The number of carbonyl (C=O) groups is 1. The summed E-state index contributed by atoms with van der Waals surface area (Å²) in [5.74, 6) is -0.257. The normalized spacial score (nSPS) is 12.7. The van der Waals surface area contributed by atoms with Crippen LogP contribution in [0.1, 0.15) is 29.0 Å². The molecule has 1 heterocycles. The zero-order valence-corrected chi connectivity index (χ0v) is 18.6. The van der Waals surface area contributed by atoms with E-state index in [1.165, 1.54) is 18.2 Å². The summed E-state index contributed by atoms with van der Waals surface area (Å²) in [6, 6.07) is 17.3. The first kappa shape index (κ1) is 22.2. The van der Waals surface area contributed by atoms with Gasteiger partial charge in [-0.1, -0.05) is 48.9 Å². The number of hydrogen-bond acceptors (Lipinski definition) is 4. The van der Waals surface area contributed by atoms with Gasteiger partial charge in [0.2, 0.25) is 15.9 Å². The summed E-state index contributed by atoms with van der Waals surface area (Å²) in [5, 5.41) is 5.61. The van der Waals surface area contributed by atoms with Crippen molar-refractivity contribution >= 4 is 44.9 Å². The van der Waals surface area contributed by atoms with Crippen LogP contribution in [0.15, 0.2) is 77.0 Å². The average Bonchev–Trinajstić information content (AvgIpc) is 3.26. The minimum Gasteiger partial charge on any atom is -0.341 e. The number of benzene rings is 2. The molecule has 0 saturated heterocycles. The van der Waals surface area contributed by atoms with Crippen LogP contribution in [-0.2, 0) is 14.8 Å². The molecule has 1 unspecified atom stereocenters. The Labute approximate surface area is 185 Å². The third-order valence-electron chi connectivity index (χ3n) is 4.27. The number of nitrogens with one attached hydrogen (secondary N) is 2. The molecule has 0 aliphatic rings. The molecule has 5 nitrogen and oxygen atoms in total. The second-order valence-corrected chi connectivity index (χ2v) is 9.59. The fourth-order valence-electron chi connectivity index (χ4n) is 2.82. The Morgan fingerprint density at radius 3 is 2.40 bits per heavy atom. The number of carbonyl (C=O) groups excluding carboxylic acids is 1. The van der Waals surface area contributed by atoms with Gasteiger partial charge in [-0.25, -0.2) is 13.1 Å². The van der Waals surface area contributed by atoms with Crippen LogP contribution in [-0.4, -0.2) is 20.9 Å². The van der Waals surface area contributed by atoms with Crippen molar-refractivity contribution in [2.75, 3.05) is 6.54 Å². The summed E-state index contributed by atoms with van der Waals surface area (Å²) in [6.07, 6.45) is 3.08. The quantitative estimate of drug-likeness (QED) is 0.481. The zero-order chi connectivity index (χ0) is 21.6. The minimum absolute atomic E-state index is 0.187. The molecule has 2 N–H and O–H groups in total. The van der Waals surface area contributed by atoms with E-state index in [9.17, 15) is 13.2 Å². The maximum Gasteiger partial charge on any atom is 0.244 e. The average molecular weight is 461 g/mol. The first-order chi connectivity index (χ1) is 14.4. The highest BCUT2D eigenvalue weighted by Gasteiger charge is 2.17. The summed E-state index contributed by atoms with van der Waals surface area (Å²) >= 11 is 7.54. The maximum atomic E-state index is 12.5. The van der Waals surface area contributed by atoms with Gasteiger partial charge in [-0.3, -0.25) is 4.79 Å². The second-order valence-electron chi connectivity index (χ2n) is 6.41. The standard InChI is InChI=1S/C22H21ClN2O3S2/c1-2-24-30(27,28)19-12-5-16(6-13-19)7-14-21(26)25-22(20-4-3-15-29-20)17-8-10-18(23)11-9-17/h3-15,22,24H,2H2,1H3,(H,25,26)/b14-7+. The van der Waals surface area contributed by atoms with E-state index in [1.54, 1.807) is 48.6 Å². The highest BCUT2D eigenvalue weighted by atomic mass is 35.5. The summed E-state index contributed by atoms with van der Waals surface area (Å²) in [7, 11) is -3.49. The molecule has 0 aliphatic carbocycles. The van der Waals surface area contributed by atoms with Crippen molar-refractivity contribution in [2.45, 2.75) is 17.9 Å². The molecular weight excluding hydrogens is 440 g/mol. The molecule has 0 saturated carbocycles. The monoisotopic (exact) mass is 460 g/mol. The number of amides is 1. The van der Waals surface area contributed by atoms with Crippen molar-refractivity contribution in [2.24, 2.45) is 0 Å². The first-order valence-electron chi connectivity index (χ1n) is 9.26. The van der Waals surface area contributed by atoms with E-state index >= 15 is 0 Å². The lowest BCUT2D eigenvalue weighted by Crippen LogP contribution is -2.27. The minimum atomic E-state index is -3.49. The molecule has 2 aromatic carbocycles. The highest BCUT2D eigenvalue weighted by Crippen LogP contribution is 2.27. The summed E-state index contributed by atoms with van der Waals surface area (Å²) < 4.78 is 26.4. The van der Waals surface area contributed by atoms with Gasteiger partial charge in [0.15, 0.2) is 0 Å². The third kappa shape index (κ3) is 5.79. The first-order valence-corrected chi connectivity index (χ1v) is 12.0. The molecule has 8 heteroatoms. The zero-order valence-electron chi connectivity index (χ0n) is 16.2. The van der Waals surface area contributed by atoms with Gasteiger partial charge in [0, 0.05) is 22.5 Å². The number of rotatable bonds is 8. The van der Waals surface area contributed by atoms with Gasteiger partial charge >= 0.3 is 0 Å². The van der Waals surface area contributed by atoms with Gasteiger partial charge in [0.25, 0.3) is 0 Å². The number of hydrogen-bond donors (Lipinski definition) is 2. The summed E-state index contributed by atoms with van der Waals surface area (Å²) in [4.78, 5) is 13.7. The van der Waals surface area contributed by atoms with Crippen LogP contribution < -0.4 is 10.0 Å². The van der Waals surface area contributed by atoms with E-state index in [4.69, 9.17) is 11.6 Å². The molecule has 3 aromatic rings. The molecule has 1 atom stereocenters. The molecule has 0 fully saturated rings. The van der Waals surface area contributed by atoms with Crippen molar-refractivity contribution in [3.05, 3.63) is 93.1 Å². The maximum absolute atomic E-state index is 12.5. The van der Waals surface area contributed by atoms with E-state index in [0.717, 1.165) is 16.0 Å². The van der Waals surface area contributed by atoms with Crippen LogP contribution >= 0.6 is 22.9 Å². The van der Waals surface area contributed by atoms with E-state index in [0.29, 0.717) is 11.6 Å². The van der Waals surface area contributed by atoms with Crippen molar-refractivity contribution in [1.29, 1.82) is 0 Å². The Morgan fingerprint density at radius 1 is 1.10 bits per heavy atom. The van der Waals surface area contributed by atoms with Crippen molar-refractivity contribution in [1.82, 2.24) is 10.0 Å². The third-order valence-corrected chi connectivity index (χ3v) is 7.02. The van der Waals surface area contributed by atoms with Crippen LogP contribution in [0.25, 0.3) is 6.08 Å². The topological polar surface area (TPSA) is 75.3 Å². The fourth-order valence-corrected chi connectivity index (χ4v) is 4.79. The number of thiophene rings is 1. The van der Waals surface area contributed by atoms with Crippen LogP contribution in [0.5, 0.6) is 0 Å². The Kier molecular flexibility index (Phi) is 7.44. The Morgan fingerprint density at radius 2 is 1.80 bits per heavy atom. The van der Waals surface area contributed by atoms with Crippen molar-refractivity contribution < 1.29 is 13.2 Å². The van der Waals surface area contributed by atoms with Crippen LogP contribution in [0.2, 0.25) is 5.02 Å². The molecule has 3 rings (SSSR count). The molecular formula is C22H21ClN2O3S2. The van der Waals surface area contributed by atoms with Crippen LogP contribution in [0.3, 0.4) is 0 Å². The van der Waals surface area contributed by atoms with Gasteiger partial charge in [-0.05, 0) is 52.9 Å². The lowest BCUT2D eigenvalue weighted by molar-refractivity contribution is -0.116. The molecule has 0 bridgehead atoms. The predicted octanol–water partition coefficient (Wildman–Crippen LogP) is 4.62. The second kappa shape index (κ2) is 10.0. The number of sulfonamides is 1. The molecule has 156 valence electrons. The van der Waals surface area contributed by atoms with Gasteiger partial charge in [-0.2, -0.15) is 0 Å². The Hall–Kier alpha value is -2.45. The Bertz CT molecular complexity index is 1110. The molecule has 0 aliphatic heterocycles. The lowest BCUT2D eigenvalue weighted by Gasteiger charge is -2.17. The SMILES string of the molecule is CCNS(=O)(=O)c1ccc(/C=C/C(=O)NC(c2ccc(Cl)cc2)c2cccs2)cc1. The summed E-state index contributed by atoms with van der Waals surface area (Å²) in [6.45, 7) is 2.05. The summed E-state index contributed by atoms with van der Waals surface area (Å²) in [5.41, 5.74) is 1.65. The number of halogens is 1. The van der Waals surface area contributed by atoms with E-state index in [-0.39, 0.29) is 16.8 Å². The van der Waals surface area contributed by atoms with Gasteiger partial charge in [0.05, 0.1) is 10.9 Å². The van der Waals surface area contributed by atoms with Crippen molar-refractivity contribution in [3.63, 3.8) is 0 Å². The molecule has 1 amide bonds. The van der Waals surface area contributed by atoms with Crippen LogP contribution in [0.4, 0.5) is 0 Å². The molecule has 30 heavy (non-hydrogen) atoms. The highest BCUT2D eigenvalue weighted by molar-refractivity contribution is 7.89. The van der Waals surface area contributed by atoms with Gasteiger partial charge in [-0.15, -0.1) is 11.3 Å².